The van der Waals surface area contributed by atoms with Crippen molar-refractivity contribution in [2.45, 2.75) is 24.9 Å². The number of nitrogens with zero attached hydrogens (tertiary/aromatic N) is 3. The van der Waals surface area contributed by atoms with Crippen molar-refractivity contribution < 1.29 is 4.79 Å². The van der Waals surface area contributed by atoms with Crippen LogP contribution in [-0.2, 0) is 0 Å². The average Bonchev–Trinajstić information content (AvgIpc) is 3.40. The number of nitrogens with one attached hydrogen (secondary N) is 1. The molecule has 0 radical (unpaired) electrons. The number of likely N-dealkylation sites (N-methyl/N-ethyl adjacent to an activating group) is 1. The third-order valence-corrected chi connectivity index (χ3v) is 5.33. The molecule has 0 bridgehead atoms. The molecule has 1 unspecified atom stereocenters. The molecule has 1 aliphatic rings. The molecule has 0 spiro atoms. The number of amides is 1. The first-order chi connectivity index (χ1) is 13.0. The Bertz CT molecular complexity index is 977. The quantitative estimate of drug-likeness (QED) is 0.699. The lowest BCUT2D eigenvalue weighted by molar-refractivity contribution is 0.0942. The first-order valence-corrected chi connectivity index (χ1v) is 9.57. The van der Waals surface area contributed by atoms with Crippen molar-refractivity contribution in [2.75, 3.05) is 20.6 Å². The molecular formula is C21H23ClN4O. The Morgan fingerprint density at radius 1 is 1.30 bits per heavy atom. The van der Waals surface area contributed by atoms with Gasteiger partial charge in [-0.15, -0.1) is 0 Å². The number of rotatable bonds is 6. The Balaban J connectivity index is 1.48. The zero-order valence-corrected chi connectivity index (χ0v) is 16.3. The molecule has 1 saturated carbocycles. The van der Waals surface area contributed by atoms with Gasteiger partial charge in [-0.3, -0.25) is 4.79 Å². The van der Waals surface area contributed by atoms with Crippen LogP contribution in [0.5, 0.6) is 0 Å². The molecule has 140 valence electrons. The number of carbonyl (C=O) groups excluding carboxylic acids is 1. The van der Waals surface area contributed by atoms with E-state index in [4.69, 9.17) is 11.6 Å². The number of carbonyl (C=O) groups is 1. The summed E-state index contributed by atoms with van der Waals surface area (Å²) >= 11 is 6.12. The standard InChI is InChI=1S/C21H23ClN4O/c1-25(2)20(14-4-3-5-16(22)10-14)12-23-21(27)15-6-9-19-18(11-15)24-13-26(19)17-7-8-17/h3-6,9-11,13,17,20H,7-8,12H2,1-2H3,(H,23,27). The van der Waals surface area contributed by atoms with Crippen molar-refractivity contribution in [1.82, 2.24) is 19.8 Å². The van der Waals surface area contributed by atoms with Crippen LogP contribution in [0.1, 0.15) is 40.8 Å². The van der Waals surface area contributed by atoms with E-state index < -0.39 is 0 Å². The molecule has 1 heterocycles. The second kappa shape index (κ2) is 7.33. The summed E-state index contributed by atoms with van der Waals surface area (Å²) in [6.07, 6.45) is 4.30. The molecule has 1 aromatic heterocycles. The molecule has 1 atom stereocenters. The molecule has 1 amide bonds. The van der Waals surface area contributed by atoms with Gasteiger partial charge < -0.3 is 14.8 Å². The highest BCUT2D eigenvalue weighted by Gasteiger charge is 2.25. The lowest BCUT2D eigenvalue weighted by Crippen LogP contribution is -2.34. The van der Waals surface area contributed by atoms with Crippen molar-refractivity contribution in [3.8, 4) is 0 Å². The molecule has 27 heavy (non-hydrogen) atoms. The number of benzene rings is 2. The normalized spacial score (nSPS) is 15.3. The molecule has 1 aliphatic carbocycles. The van der Waals surface area contributed by atoms with Crippen LogP contribution in [0.2, 0.25) is 5.02 Å². The van der Waals surface area contributed by atoms with Gasteiger partial charge in [0.1, 0.15) is 0 Å². The maximum Gasteiger partial charge on any atom is 0.251 e. The van der Waals surface area contributed by atoms with Gasteiger partial charge in [-0.1, -0.05) is 23.7 Å². The number of hydrogen-bond donors (Lipinski definition) is 1. The van der Waals surface area contributed by atoms with Crippen LogP contribution in [0.25, 0.3) is 11.0 Å². The van der Waals surface area contributed by atoms with Crippen molar-refractivity contribution >= 4 is 28.5 Å². The van der Waals surface area contributed by atoms with Crippen molar-refractivity contribution in [3.05, 3.63) is 64.9 Å². The minimum absolute atomic E-state index is 0.0467. The Hall–Kier alpha value is -2.37. The largest absolute Gasteiger partial charge is 0.350 e. The lowest BCUT2D eigenvalue weighted by atomic mass is 10.1. The average molecular weight is 383 g/mol. The van der Waals surface area contributed by atoms with Gasteiger partial charge in [0.2, 0.25) is 0 Å². The molecule has 0 saturated heterocycles. The number of halogens is 1. The van der Waals surface area contributed by atoms with Gasteiger partial charge in [0.25, 0.3) is 5.91 Å². The number of imidazole rings is 1. The zero-order chi connectivity index (χ0) is 19.0. The number of fused-ring (bicyclic) bond motifs is 1. The third kappa shape index (κ3) is 3.84. The number of hydrogen-bond acceptors (Lipinski definition) is 3. The molecule has 4 rings (SSSR count). The smallest absolute Gasteiger partial charge is 0.251 e. The minimum Gasteiger partial charge on any atom is -0.350 e. The van der Waals surface area contributed by atoms with Crippen LogP contribution in [0.4, 0.5) is 0 Å². The van der Waals surface area contributed by atoms with Crippen LogP contribution in [0.15, 0.2) is 48.8 Å². The Kier molecular flexibility index (Phi) is 4.89. The monoisotopic (exact) mass is 382 g/mol. The van der Waals surface area contributed by atoms with Crippen molar-refractivity contribution in [3.63, 3.8) is 0 Å². The summed E-state index contributed by atoms with van der Waals surface area (Å²) < 4.78 is 2.21. The van der Waals surface area contributed by atoms with E-state index >= 15 is 0 Å². The molecule has 1 fully saturated rings. The Morgan fingerprint density at radius 2 is 2.11 bits per heavy atom. The van der Waals surface area contributed by atoms with Gasteiger partial charge in [-0.2, -0.15) is 0 Å². The van der Waals surface area contributed by atoms with Gasteiger partial charge in [-0.25, -0.2) is 4.98 Å². The molecule has 2 aromatic carbocycles. The second-order valence-electron chi connectivity index (χ2n) is 7.33. The topological polar surface area (TPSA) is 50.2 Å². The molecule has 6 heteroatoms. The van der Waals surface area contributed by atoms with E-state index in [9.17, 15) is 4.79 Å². The third-order valence-electron chi connectivity index (χ3n) is 5.09. The van der Waals surface area contributed by atoms with E-state index in [1.165, 1.54) is 12.8 Å². The van der Waals surface area contributed by atoms with E-state index in [-0.39, 0.29) is 11.9 Å². The predicted molar refractivity (Wildman–Crippen MR) is 108 cm³/mol. The summed E-state index contributed by atoms with van der Waals surface area (Å²) in [5.41, 5.74) is 3.67. The molecule has 3 aromatic rings. The molecular weight excluding hydrogens is 360 g/mol. The van der Waals surface area contributed by atoms with E-state index in [1.807, 2.05) is 62.9 Å². The highest BCUT2D eigenvalue weighted by atomic mass is 35.5. The van der Waals surface area contributed by atoms with Crippen LogP contribution in [0, 0.1) is 0 Å². The fraction of sp³-hybridized carbons (Fsp3) is 0.333. The molecule has 1 N–H and O–H groups in total. The van der Waals surface area contributed by atoms with E-state index in [2.05, 4.69) is 19.8 Å². The van der Waals surface area contributed by atoms with Crippen LogP contribution >= 0.6 is 11.6 Å². The second-order valence-corrected chi connectivity index (χ2v) is 7.77. The van der Waals surface area contributed by atoms with Crippen LogP contribution in [-0.4, -0.2) is 41.0 Å². The van der Waals surface area contributed by atoms with Gasteiger partial charge in [0.15, 0.2) is 0 Å². The fourth-order valence-corrected chi connectivity index (χ4v) is 3.62. The lowest BCUT2D eigenvalue weighted by Gasteiger charge is -2.25. The van der Waals surface area contributed by atoms with E-state index in [1.54, 1.807) is 0 Å². The summed E-state index contributed by atoms with van der Waals surface area (Å²) in [6.45, 7) is 0.501. The van der Waals surface area contributed by atoms with E-state index in [0.717, 1.165) is 16.6 Å². The zero-order valence-electron chi connectivity index (χ0n) is 15.5. The summed E-state index contributed by atoms with van der Waals surface area (Å²) in [4.78, 5) is 19.2. The summed E-state index contributed by atoms with van der Waals surface area (Å²) in [7, 11) is 3.99. The highest BCUT2D eigenvalue weighted by molar-refractivity contribution is 6.30. The van der Waals surface area contributed by atoms with Gasteiger partial charge in [-0.05, 0) is 62.8 Å². The summed E-state index contributed by atoms with van der Waals surface area (Å²) in [5.74, 6) is -0.0910. The summed E-state index contributed by atoms with van der Waals surface area (Å²) in [6, 6.07) is 14.1. The minimum atomic E-state index is -0.0910. The maximum atomic E-state index is 12.7. The molecule has 5 nitrogen and oxygen atoms in total. The van der Waals surface area contributed by atoms with Crippen LogP contribution in [0.3, 0.4) is 0 Å². The van der Waals surface area contributed by atoms with Gasteiger partial charge >= 0.3 is 0 Å². The van der Waals surface area contributed by atoms with E-state index in [0.29, 0.717) is 23.2 Å². The first kappa shape index (κ1) is 18.0. The van der Waals surface area contributed by atoms with Crippen LogP contribution < -0.4 is 5.32 Å². The van der Waals surface area contributed by atoms with Crippen molar-refractivity contribution in [2.24, 2.45) is 0 Å². The predicted octanol–water partition coefficient (Wildman–Crippen LogP) is 4.06. The van der Waals surface area contributed by atoms with Crippen molar-refractivity contribution in [1.29, 1.82) is 0 Å². The highest BCUT2D eigenvalue weighted by Crippen LogP contribution is 2.37. The van der Waals surface area contributed by atoms with Gasteiger partial charge in [0, 0.05) is 23.2 Å². The number of aromatic nitrogens is 2. The fourth-order valence-electron chi connectivity index (χ4n) is 3.42. The Labute approximate surface area is 163 Å². The summed E-state index contributed by atoms with van der Waals surface area (Å²) in [5, 5.41) is 3.74. The first-order valence-electron chi connectivity index (χ1n) is 9.19. The Morgan fingerprint density at radius 3 is 2.81 bits per heavy atom. The SMILES string of the molecule is CN(C)C(CNC(=O)c1ccc2c(c1)ncn2C1CC1)c1cccc(Cl)c1. The maximum absolute atomic E-state index is 12.7. The van der Waals surface area contributed by atoms with Gasteiger partial charge in [0.05, 0.1) is 23.4 Å². The molecule has 0 aliphatic heterocycles.